The predicted molar refractivity (Wildman–Crippen MR) is 114 cm³/mol. The lowest BCUT2D eigenvalue weighted by atomic mass is 10.2. The first kappa shape index (κ1) is 16.6. The van der Waals surface area contributed by atoms with E-state index in [1.807, 2.05) is 35.7 Å². The monoisotopic (exact) mass is 407 g/mol. The van der Waals surface area contributed by atoms with E-state index < -0.39 is 0 Å². The standard InChI is InChI=1S/C20H13N3OS3/c24-20(17-9-16-19(27-17)13-3-1-2-4-15(13)26-16)22-10-18-23-14(11-25-18)12-5-7-21-8-6-12/h1-9,11H,10H2,(H,22,24). The van der Waals surface area contributed by atoms with E-state index in [0.29, 0.717) is 6.54 Å². The molecule has 7 heteroatoms. The fourth-order valence-corrected chi connectivity index (χ4v) is 6.09. The molecule has 0 saturated carbocycles. The normalized spacial score (nSPS) is 11.3. The fraction of sp³-hybridized carbons (Fsp3) is 0.0500. The van der Waals surface area contributed by atoms with Gasteiger partial charge in [0.25, 0.3) is 5.91 Å². The largest absolute Gasteiger partial charge is 0.345 e. The van der Waals surface area contributed by atoms with Gasteiger partial charge in [-0.2, -0.15) is 0 Å². The van der Waals surface area contributed by atoms with Crippen LogP contribution in [-0.4, -0.2) is 15.9 Å². The van der Waals surface area contributed by atoms with Crippen molar-refractivity contribution >= 4 is 59.4 Å². The second-order valence-corrected chi connectivity index (χ2v) is 9.03. The fourth-order valence-electron chi connectivity index (χ4n) is 2.90. The number of carbonyl (C=O) groups is 1. The molecule has 0 aliphatic rings. The number of thiophene rings is 2. The number of hydrogen-bond acceptors (Lipinski definition) is 6. The molecule has 0 atom stereocenters. The molecule has 1 aromatic carbocycles. The van der Waals surface area contributed by atoms with Gasteiger partial charge in [-0.05, 0) is 24.3 Å². The number of nitrogens with one attached hydrogen (secondary N) is 1. The predicted octanol–water partition coefficient (Wildman–Crippen LogP) is 5.56. The molecule has 0 radical (unpaired) electrons. The topological polar surface area (TPSA) is 54.9 Å². The van der Waals surface area contributed by atoms with E-state index in [2.05, 4.69) is 27.4 Å². The molecule has 0 spiro atoms. The molecule has 132 valence electrons. The van der Waals surface area contributed by atoms with Gasteiger partial charge in [-0.3, -0.25) is 9.78 Å². The molecule has 0 saturated heterocycles. The Morgan fingerprint density at radius 3 is 2.78 bits per heavy atom. The van der Waals surface area contributed by atoms with Crippen molar-refractivity contribution < 1.29 is 4.79 Å². The van der Waals surface area contributed by atoms with E-state index in [1.54, 1.807) is 46.4 Å². The zero-order valence-electron chi connectivity index (χ0n) is 14.0. The minimum atomic E-state index is -0.0480. The van der Waals surface area contributed by atoms with E-state index >= 15 is 0 Å². The molecule has 4 nitrogen and oxygen atoms in total. The minimum absolute atomic E-state index is 0.0480. The molecule has 0 fully saturated rings. The van der Waals surface area contributed by atoms with Crippen LogP contribution in [0.5, 0.6) is 0 Å². The van der Waals surface area contributed by atoms with Crippen LogP contribution in [0.2, 0.25) is 0 Å². The third-order valence-electron chi connectivity index (χ3n) is 4.20. The van der Waals surface area contributed by atoms with Gasteiger partial charge in [-0.25, -0.2) is 4.98 Å². The first-order valence-corrected chi connectivity index (χ1v) is 10.8. The van der Waals surface area contributed by atoms with E-state index in [1.165, 1.54) is 19.5 Å². The first-order chi connectivity index (χ1) is 13.3. The number of rotatable bonds is 4. The van der Waals surface area contributed by atoms with Crippen molar-refractivity contribution in [3.05, 3.63) is 70.1 Å². The smallest absolute Gasteiger partial charge is 0.261 e. The molecule has 4 aromatic heterocycles. The third-order valence-corrected chi connectivity index (χ3v) is 7.46. The van der Waals surface area contributed by atoms with Crippen LogP contribution in [0.1, 0.15) is 14.7 Å². The lowest BCUT2D eigenvalue weighted by molar-refractivity contribution is 0.0955. The van der Waals surface area contributed by atoms with Crippen LogP contribution >= 0.6 is 34.0 Å². The Morgan fingerprint density at radius 2 is 1.89 bits per heavy atom. The Hall–Kier alpha value is -2.61. The molecule has 1 N–H and O–H groups in total. The van der Waals surface area contributed by atoms with Crippen LogP contribution in [-0.2, 0) is 6.54 Å². The number of nitrogens with zero attached hydrogens (tertiary/aromatic N) is 2. The number of pyridine rings is 1. The second kappa shape index (κ2) is 6.84. The lowest BCUT2D eigenvalue weighted by Crippen LogP contribution is -2.21. The highest BCUT2D eigenvalue weighted by Gasteiger charge is 2.14. The molecule has 0 unspecified atom stereocenters. The summed E-state index contributed by atoms with van der Waals surface area (Å²) in [6.07, 6.45) is 3.50. The van der Waals surface area contributed by atoms with Gasteiger partial charge in [0.2, 0.25) is 0 Å². The van der Waals surface area contributed by atoms with Crippen molar-refractivity contribution in [2.24, 2.45) is 0 Å². The quantitative estimate of drug-likeness (QED) is 0.424. The summed E-state index contributed by atoms with van der Waals surface area (Å²) in [7, 11) is 0. The van der Waals surface area contributed by atoms with Gasteiger partial charge < -0.3 is 5.32 Å². The average molecular weight is 408 g/mol. The summed E-state index contributed by atoms with van der Waals surface area (Å²) in [6.45, 7) is 0.431. The maximum Gasteiger partial charge on any atom is 0.261 e. The van der Waals surface area contributed by atoms with Crippen molar-refractivity contribution in [1.82, 2.24) is 15.3 Å². The maximum atomic E-state index is 12.6. The summed E-state index contributed by atoms with van der Waals surface area (Å²) in [6, 6.07) is 14.2. The van der Waals surface area contributed by atoms with Crippen LogP contribution in [0.15, 0.2) is 60.2 Å². The Bertz CT molecular complexity index is 1250. The second-order valence-electron chi connectivity index (χ2n) is 5.95. The van der Waals surface area contributed by atoms with Crippen molar-refractivity contribution in [3.8, 4) is 11.3 Å². The molecular formula is C20H13N3OS3. The summed E-state index contributed by atoms with van der Waals surface area (Å²) in [5.74, 6) is -0.0480. The molecule has 0 bridgehead atoms. The Balaban J connectivity index is 1.32. The van der Waals surface area contributed by atoms with Crippen molar-refractivity contribution in [3.63, 3.8) is 0 Å². The van der Waals surface area contributed by atoms with Gasteiger partial charge >= 0.3 is 0 Å². The summed E-state index contributed by atoms with van der Waals surface area (Å²) in [4.78, 5) is 21.9. The number of aromatic nitrogens is 2. The SMILES string of the molecule is O=C(NCc1nc(-c2ccncc2)cs1)c1cc2sc3ccccc3c2s1. The highest BCUT2D eigenvalue weighted by molar-refractivity contribution is 7.33. The molecule has 4 heterocycles. The van der Waals surface area contributed by atoms with E-state index in [9.17, 15) is 4.79 Å². The summed E-state index contributed by atoms with van der Waals surface area (Å²) in [5, 5.41) is 7.11. The van der Waals surface area contributed by atoms with Gasteiger partial charge in [0, 0.05) is 38.1 Å². The molecular weight excluding hydrogens is 394 g/mol. The number of thiazole rings is 1. The van der Waals surface area contributed by atoms with E-state index in [-0.39, 0.29) is 5.91 Å². The average Bonchev–Trinajstić information content (AvgIpc) is 3.41. The van der Waals surface area contributed by atoms with Gasteiger partial charge in [0.15, 0.2) is 0 Å². The van der Waals surface area contributed by atoms with Crippen molar-refractivity contribution in [2.45, 2.75) is 6.54 Å². The van der Waals surface area contributed by atoms with Crippen molar-refractivity contribution in [1.29, 1.82) is 0 Å². The third kappa shape index (κ3) is 3.14. The number of carbonyl (C=O) groups excluding carboxylic acids is 1. The zero-order valence-corrected chi connectivity index (χ0v) is 16.5. The molecule has 5 aromatic rings. The molecule has 5 rings (SSSR count). The van der Waals surface area contributed by atoms with Crippen molar-refractivity contribution in [2.75, 3.05) is 0 Å². The molecule has 0 aliphatic heterocycles. The molecule has 1 amide bonds. The summed E-state index contributed by atoms with van der Waals surface area (Å²) < 4.78 is 3.62. The number of benzene rings is 1. The molecule has 27 heavy (non-hydrogen) atoms. The highest BCUT2D eigenvalue weighted by Crippen LogP contribution is 2.39. The van der Waals surface area contributed by atoms with E-state index in [0.717, 1.165) is 21.1 Å². The Morgan fingerprint density at radius 1 is 1.04 bits per heavy atom. The Labute approximate surface area is 167 Å². The number of amides is 1. The van der Waals surface area contributed by atoms with Gasteiger partial charge in [0.1, 0.15) is 5.01 Å². The van der Waals surface area contributed by atoms with Gasteiger partial charge in [0.05, 0.1) is 21.8 Å². The van der Waals surface area contributed by atoms with Crippen LogP contribution < -0.4 is 5.32 Å². The molecule has 0 aliphatic carbocycles. The maximum absolute atomic E-state index is 12.6. The van der Waals surface area contributed by atoms with Crippen LogP contribution in [0.3, 0.4) is 0 Å². The Kier molecular flexibility index (Phi) is 4.20. The van der Waals surface area contributed by atoms with Crippen LogP contribution in [0.4, 0.5) is 0 Å². The first-order valence-electron chi connectivity index (χ1n) is 8.32. The minimum Gasteiger partial charge on any atom is -0.345 e. The van der Waals surface area contributed by atoms with E-state index in [4.69, 9.17) is 0 Å². The van der Waals surface area contributed by atoms with Gasteiger partial charge in [-0.15, -0.1) is 34.0 Å². The van der Waals surface area contributed by atoms with Crippen LogP contribution in [0.25, 0.3) is 30.7 Å². The number of hydrogen-bond donors (Lipinski definition) is 1. The summed E-state index contributed by atoms with van der Waals surface area (Å²) in [5.41, 5.74) is 1.94. The highest BCUT2D eigenvalue weighted by atomic mass is 32.1. The van der Waals surface area contributed by atoms with Gasteiger partial charge in [-0.1, -0.05) is 18.2 Å². The zero-order chi connectivity index (χ0) is 18.2. The van der Waals surface area contributed by atoms with Crippen LogP contribution in [0, 0.1) is 0 Å². The number of fused-ring (bicyclic) bond motifs is 3. The lowest BCUT2D eigenvalue weighted by Gasteiger charge is -2.00. The summed E-state index contributed by atoms with van der Waals surface area (Å²) >= 11 is 4.83.